The standard InChI is InChI=1S/C15H19ClO6S/c1-3-21-14(17)9-13(10-15(18)22-4-2)23(19,20)12-7-5-11(16)6-8-12/h5-8,13H,3-4,9-10H2,1-2H3. The van der Waals surface area contributed by atoms with Crippen LogP contribution in [-0.4, -0.2) is 38.8 Å². The minimum absolute atomic E-state index is 0.0134. The van der Waals surface area contributed by atoms with Gasteiger partial charge in [-0.25, -0.2) is 8.42 Å². The van der Waals surface area contributed by atoms with Crippen LogP contribution >= 0.6 is 11.6 Å². The van der Waals surface area contributed by atoms with Gasteiger partial charge in [0.15, 0.2) is 9.84 Å². The molecule has 0 heterocycles. The molecule has 0 bridgehead atoms. The average Bonchev–Trinajstić information content (AvgIpc) is 2.47. The molecule has 8 heteroatoms. The molecule has 1 aromatic rings. The van der Waals surface area contributed by atoms with Gasteiger partial charge in [0.05, 0.1) is 36.2 Å². The zero-order valence-corrected chi connectivity index (χ0v) is 14.5. The number of sulfone groups is 1. The van der Waals surface area contributed by atoms with Crippen molar-refractivity contribution in [2.45, 2.75) is 36.8 Å². The van der Waals surface area contributed by atoms with E-state index in [0.29, 0.717) is 5.02 Å². The van der Waals surface area contributed by atoms with Crippen molar-refractivity contribution in [2.75, 3.05) is 13.2 Å². The Morgan fingerprint density at radius 2 is 1.43 bits per heavy atom. The van der Waals surface area contributed by atoms with Gasteiger partial charge < -0.3 is 9.47 Å². The van der Waals surface area contributed by atoms with Gasteiger partial charge in [-0.05, 0) is 38.1 Å². The van der Waals surface area contributed by atoms with Gasteiger partial charge in [0.2, 0.25) is 0 Å². The third-order valence-corrected chi connectivity index (χ3v) is 5.37. The van der Waals surface area contributed by atoms with Crippen LogP contribution in [0.2, 0.25) is 5.02 Å². The molecule has 1 aromatic carbocycles. The lowest BCUT2D eigenvalue weighted by Gasteiger charge is -2.16. The molecule has 0 saturated carbocycles. The van der Waals surface area contributed by atoms with E-state index in [9.17, 15) is 18.0 Å². The van der Waals surface area contributed by atoms with Crippen molar-refractivity contribution in [1.82, 2.24) is 0 Å². The van der Waals surface area contributed by atoms with Crippen molar-refractivity contribution in [1.29, 1.82) is 0 Å². The van der Waals surface area contributed by atoms with Crippen molar-refractivity contribution in [3.05, 3.63) is 29.3 Å². The van der Waals surface area contributed by atoms with Gasteiger partial charge in [0.25, 0.3) is 0 Å². The van der Waals surface area contributed by atoms with Crippen LogP contribution in [0.5, 0.6) is 0 Å². The molecule has 1 rings (SSSR count). The quantitative estimate of drug-likeness (QED) is 0.660. The number of rotatable bonds is 8. The highest BCUT2D eigenvalue weighted by Gasteiger charge is 2.32. The van der Waals surface area contributed by atoms with Crippen LogP contribution in [0, 0.1) is 0 Å². The Kier molecular flexibility index (Phi) is 7.51. The summed E-state index contributed by atoms with van der Waals surface area (Å²) in [5.41, 5.74) is 0. The lowest BCUT2D eigenvalue weighted by atomic mass is 10.2. The van der Waals surface area contributed by atoms with E-state index in [-0.39, 0.29) is 18.1 Å². The van der Waals surface area contributed by atoms with E-state index in [1.165, 1.54) is 24.3 Å². The fourth-order valence-electron chi connectivity index (χ4n) is 1.92. The molecule has 0 aliphatic heterocycles. The van der Waals surface area contributed by atoms with Gasteiger partial charge in [-0.1, -0.05) is 11.6 Å². The van der Waals surface area contributed by atoms with E-state index in [1.807, 2.05) is 0 Å². The van der Waals surface area contributed by atoms with Crippen molar-refractivity contribution < 1.29 is 27.5 Å². The number of esters is 2. The van der Waals surface area contributed by atoms with E-state index >= 15 is 0 Å². The first-order valence-corrected chi connectivity index (χ1v) is 9.04. The molecule has 0 N–H and O–H groups in total. The lowest BCUT2D eigenvalue weighted by molar-refractivity contribution is -0.144. The van der Waals surface area contributed by atoms with Crippen LogP contribution in [-0.2, 0) is 28.9 Å². The Hall–Kier alpha value is -1.60. The average molecular weight is 363 g/mol. The lowest BCUT2D eigenvalue weighted by Crippen LogP contribution is -2.29. The SMILES string of the molecule is CCOC(=O)CC(CC(=O)OCC)S(=O)(=O)c1ccc(Cl)cc1. The van der Waals surface area contributed by atoms with E-state index in [4.69, 9.17) is 21.1 Å². The molecule has 0 fully saturated rings. The van der Waals surface area contributed by atoms with Crippen LogP contribution in [0.3, 0.4) is 0 Å². The first-order chi connectivity index (χ1) is 10.8. The van der Waals surface area contributed by atoms with Gasteiger partial charge in [-0.3, -0.25) is 9.59 Å². The number of benzene rings is 1. The maximum absolute atomic E-state index is 12.7. The summed E-state index contributed by atoms with van der Waals surface area (Å²) >= 11 is 5.75. The summed E-state index contributed by atoms with van der Waals surface area (Å²) in [6.07, 6.45) is -0.838. The molecule has 0 radical (unpaired) electrons. The largest absolute Gasteiger partial charge is 0.466 e. The number of carbonyl (C=O) groups is 2. The second-order valence-electron chi connectivity index (χ2n) is 4.64. The van der Waals surface area contributed by atoms with E-state index in [0.717, 1.165) is 0 Å². The van der Waals surface area contributed by atoms with E-state index in [1.54, 1.807) is 13.8 Å². The van der Waals surface area contributed by atoms with E-state index in [2.05, 4.69) is 0 Å². The molecule has 0 aromatic heterocycles. The van der Waals surface area contributed by atoms with Gasteiger partial charge in [0.1, 0.15) is 0 Å². The van der Waals surface area contributed by atoms with Crippen LogP contribution in [0.15, 0.2) is 29.2 Å². The van der Waals surface area contributed by atoms with Crippen molar-refractivity contribution in [3.8, 4) is 0 Å². The highest BCUT2D eigenvalue weighted by molar-refractivity contribution is 7.92. The molecular formula is C15H19ClO6S. The van der Waals surface area contributed by atoms with E-state index < -0.39 is 39.9 Å². The number of carbonyl (C=O) groups excluding carboxylic acids is 2. The zero-order valence-electron chi connectivity index (χ0n) is 13.0. The van der Waals surface area contributed by atoms with Gasteiger partial charge in [-0.15, -0.1) is 0 Å². The first kappa shape index (κ1) is 19.4. The molecule has 0 unspecified atom stereocenters. The van der Waals surface area contributed by atoms with Crippen molar-refractivity contribution >= 4 is 33.4 Å². The topological polar surface area (TPSA) is 86.7 Å². The van der Waals surface area contributed by atoms with Gasteiger partial charge in [-0.2, -0.15) is 0 Å². The van der Waals surface area contributed by atoms with Crippen LogP contribution in [0.1, 0.15) is 26.7 Å². The predicted molar refractivity (Wildman–Crippen MR) is 84.9 cm³/mol. The molecular weight excluding hydrogens is 344 g/mol. The minimum Gasteiger partial charge on any atom is -0.466 e. The molecule has 128 valence electrons. The summed E-state index contributed by atoms with van der Waals surface area (Å²) in [6, 6.07) is 5.53. The van der Waals surface area contributed by atoms with Crippen molar-refractivity contribution in [2.24, 2.45) is 0 Å². The third kappa shape index (κ3) is 5.84. The van der Waals surface area contributed by atoms with Gasteiger partial charge >= 0.3 is 11.9 Å². The molecule has 0 amide bonds. The number of hydrogen-bond donors (Lipinski definition) is 0. The predicted octanol–water partition coefficient (Wildman–Crippen LogP) is 2.39. The molecule has 0 aliphatic carbocycles. The second-order valence-corrected chi connectivity index (χ2v) is 7.30. The van der Waals surface area contributed by atoms with Crippen LogP contribution < -0.4 is 0 Å². The number of ether oxygens (including phenoxy) is 2. The van der Waals surface area contributed by atoms with Crippen LogP contribution in [0.4, 0.5) is 0 Å². The molecule has 0 saturated heterocycles. The minimum atomic E-state index is -3.90. The Morgan fingerprint density at radius 1 is 1.00 bits per heavy atom. The maximum atomic E-state index is 12.7. The Balaban J connectivity index is 3.07. The summed E-state index contributed by atoms with van der Waals surface area (Å²) in [5, 5.41) is -0.863. The number of hydrogen-bond acceptors (Lipinski definition) is 6. The fraction of sp³-hybridized carbons (Fsp3) is 0.467. The number of halogens is 1. The fourth-order valence-corrected chi connectivity index (χ4v) is 3.66. The molecule has 0 atom stereocenters. The summed E-state index contributed by atoms with van der Waals surface area (Å²) in [6.45, 7) is 3.50. The van der Waals surface area contributed by atoms with Crippen molar-refractivity contribution in [3.63, 3.8) is 0 Å². The Morgan fingerprint density at radius 3 is 1.83 bits per heavy atom. The first-order valence-electron chi connectivity index (χ1n) is 7.12. The zero-order chi connectivity index (χ0) is 17.5. The molecule has 0 spiro atoms. The van der Waals surface area contributed by atoms with Gasteiger partial charge in [0, 0.05) is 5.02 Å². The molecule has 0 aliphatic rings. The van der Waals surface area contributed by atoms with Crippen LogP contribution in [0.25, 0.3) is 0 Å². The third-order valence-electron chi connectivity index (χ3n) is 2.98. The normalized spacial score (nSPS) is 11.3. The highest BCUT2D eigenvalue weighted by atomic mass is 35.5. The highest BCUT2D eigenvalue weighted by Crippen LogP contribution is 2.23. The Bertz CT molecular complexity index is 618. The molecule has 6 nitrogen and oxygen atoms in total. The second kappa shape index (κ2) is 8.88. The molecule has 23 heavy (non-hydrogen) atoms. The summed E-state index contributed by atoms with van der Waals surface area (Å²) < 4.78 is 34.9. The monoisotopic (exact) mass is 362 g/mol. The summed E-state index contributed by atoms with van der Waals surface area (Å²) in [4.78, 5) is 23.3. The maximum Gasteiger partial charge on any atom is 0.307 e. The smallest absolute Gasteiger partial charge is 0.307 e. The summed E-state index contributed by atoms with van der Waals surface area (Å²) in [7, 11) is -3.90. The summed E-state index contributed by atoms with van der Waals surface area (Å²) in [5.74, 6) is -1.36. The Labute approximate surface area is 140 Å².